The van der Waals surface area contributed by atoms with E-state index in [1.165, 1.54) is 63.5 Å². The summed E-state index contributed by atoms with van der Waals surface area (Å²) in [4.78, 5) is 88.9. The molecule has 2 aliphatic heterocycles. The van der Waals surface area contributed by atoms with E-state index in [2.05, 4.69) is 82.0 Å². The molecule has 16 aromatic rings. The number of carbonyl (C=O) groups is 6. The maximum absolute atomic E-state index is 13.3. The minimum atomic E-state index is -4.14. The molecule has 0 spiro atoms. The van der Waals surface area contributed by atoms with Gasteiger partial charge in [0.1, 0.15) is 60.9 Å². The summed E-state index contributed by atoms with van der Waals surface area (Å²) in [5, 5.41) is 56.6. The molecular weight excluding hydrogens is 2000 g/mol. The normalized spacial score (nSPS) is 13.7. The standard InChI is InChI=1S/C22H27N5O3S2.C21H23N5O2S.C19H18N6OS.C19H22N4O3S.C18H18ClFN4O3S2/c1-14-15(2)24-25-21-18(14)19(23)20(31-21)22(28)27-11-10-17(13-27)26-32(29,30)12-6-9-16-7-4-3-5-8-16;1-12-13(2)24-25-21-17(12)18(22)19(29-21)20(28)23-15-8-9-26(11-15)16(27)10-14-6-4-3-5-7-14;1-11-12(2)23-24-19-15(11)16(20)17(27-19)18(26)22-9-13-3-5-14(6-4-13)25-8-7-21-10-25;1-11-12(2)22-23-19-15(11)16(20)17(27-19)18(24)21-10-13-4-6-14(7-5-13)26-9-8-25-3;1-8-9(2)23-24-18-14(8)15(21)16(28-18)17(25)22-7-11-4-5-13(12(19)6-11)29(26,27)10(3)20/h3-5,7-8,17,26H,6,9-13,23H2,1-2H3;3-7,15H,8-11,22H2,1-2H3,(H,23,28);3-8,10H,9,20H2,1-2H3,(H,22,26);4-7H,8-10,20H2,1-3H3,(H,21,24);4-6,10H,7,21H2,1-3H3,(H,22,25). The molecular formula is C99H108ClFN24O12S7. The van der Waals surface area contributed by atoms with Gasteiger partial charge < -0.3 is 73.8 Å². The molecule has 36 nitrogen and oxygen atoms in total. The first-order valence-corrected chi connectivity index (χ1v) is 53.3. The van der Waals surface area contributed by atoms with Gasteiger partial charge in [-0.2, -0.15) is 25.5 Å². The van der Waals surface area contributed by atoms with Crippen LogP contribution in [0, 0.1) is 69.2 Å². The van der Waals surface area contributed by atoms with E-state index >= 15 is 0 Å². The minimum Gasteiger partial charge on any atom is -0.491 e. The van der Waals surface area contributed by atoms with E-state index < -0.39 is 31.3 Å². The summed E-state index contributed by atoms with van der Waals surface area (Å²) in [5.41, 5.74) is 45.5. The maximum atomic E-state index is 13.3. The van der Waals surface area contributed by atoms with E-state index in [1.54, 1.807) is 24.5 Å². The Morgan fingerprint density at radius 1 is 0.479 bits per heavy atom. The Morgan fingerprint density at radius 3 is 1.31 bits per heavy atom. The molecule has 144 heavy (non-hydrogen) atoms. The number of nitrogens with zero attached hydrogens (tertiary/aromatic N) is 14. The highest BCUT2D eigenvalue weighted by Gasteiger charge is 2.35. The second-order valence-electron chi connectivity index (χ2n) is 34.4. The monoisotopic (exact) mass is 2100 g/mol. The van der Waals surface area contributed by atoms with Gasteiger partial charge in [0.05, 0.1) is 91.9 Å². The number of carbonyl (C=O) groups excluding carboxylic acids is 6. The van der Waals surface area contributed by atoms with Crippen LogP contribution in [0.4, 0.5) is 32.8 Å². The second kappa shape index (κ2) is 46.7. The van der Waals surface area contributed by atoms with Crippen LogP contribution in [0.25, 0.3) is 56.8 Å². The van der Waals surface area contributed by atoms with E-state index in [-0.39, 0.29) is 63.8 Å². The molecule has 6 amide bonds. The molecule has 11 aromatic heterocycles. The average molecular weight is 2110 g/mol. The Kier molecular flexibility index (Phi) is 34.4. The van der Waals surface area contributed by atoms with Gasteiger partial charge in [0.25, 0.3) is 29.5 Å². The second-order valence-corrected chi connectivity index (χ2v) is 43.9. The summed E-state index contributed by atoms with van der Waals surface area (Å²) in [5.74, 6) is -0.311. The van der Waals surface area contributed by atoms with Crippen LogP contribution in [0.1, 0.15) is 159 Å². The van der Waals surface area contributed by atoms with Crippen molar-refractivity contribution in [3.05, 3.63) is 260 Å². The Labute approximate surface area is 854 Å². The van der Waals surface area contributed by atoms with Crippen LogP contribution in [-0.2, 0) is 61.9 Å². The molecule has 3 atom stereocenters. The highest BCUT2D eigenvalue weighted by Crippen LogP contribution is 2.41. The molecule has 3 unspecified atom stereocenters. The number of aryl methyl sites for hydroxylation is 11. The van der Waals surface area contributed by atoms with Gasteiger partial charge in [-0.1, -0.05) is 103 Å². The number of hydrogen-bond donors (Lipinski definition) is 10. The number of nitrogens with two attached hydrogens (primary N) is 5. The summed E-state index contributed by atoms with van der Waals surface area (Å²) in [6.45, 7) is 23.7. The van der Waals surface area contributed by atoms with Crippen LogP contribution in [0.3, 0.4) is 0 Å². The third kappa shape index (κ3) is 24.8. The van der Waals surface area contributed by atoms with E-state index in [0.717, 1.165) is 136 Å². The number of anilines is 5. The van der Waals surface area contributed by atoms with Gasteiger partial charge in [0.2, 0.25) is 31.3 Å². The van der Waals surface area contributed by atoms with Crippen molar-refractivity contribution >= 4 is 203 Å². The van der Waals surface area contributed by atoms with Crippen LogP contribution < -0.4 is 59.4 Å². The van der Waals surface area contributed by atoms with Crippen LogP contribution in [0.2, 0.25) is 5.02 Å². The lowest BCUT2D eigenvalue weighted by Crippen LogP contribution is -2.39. The third-order valence-corrected chi connectivity index (χ3v) is 33.8. The molecule has 0 bridgehead atoms. The fraction of sp³-hybridized carbons (Fsp3) is 0.303. The number of nitrogen functional groups attached to an aromatic ring is 5. The molecule has 13 heterocycles. The van der Waals surface area contributed by atoms with Gasteiger partial charge in [-0.05, 0) is 194 Å². The number of amides is 6. The third-order valence-electron chi connectivity index (χ3n) is 24.6. The number of imidazole rings is 1. The fourth-order valence-corrected chi connectivity index (χ4v) is 23.8. The van der Waals surface area contributed by atoms with Crippen LogP contribution in [-0.4, -0.2) is 192 Å². The summed E-state index contributed by atoms with van der Waals surface area (Å²) in [7, 11) is -5.92. The molecule has 2 fully saturated rings. The van der Waals surface area contributed by atoms with E-state index in [1.807, 2.05) is 194 Å². The number of methoxy groups -OCH3 is 1. The highest BCUT2D eigenvalue weighted by atomic mass is 35.5. The first kappa shape index (κ1) is 106. The molecule has 15 N–H and O–H groups in total. The first-order valence-electron chi connectivity index (χ1n) is 45.6. The quantitative estimate of drug-likeness (QED) is 0.0214. The number of hydrogen-bond acceptors (Lipinski definition) is 33. The maximum Gasteiger partial charge on any atom is 0.266 e. The van der Waals surface area contributed by atoms with Crippen molar-refractivity contribution in [2.24, 2.45) is 0 Å². The van der Waals surface area contributed by atoms with Gasteiger partial charge in [0.15, 0.2) is 0 Å². The van der Waals surface area contributed by atoms with E-state index in [0.29, 0.717) is 166 Å². The Hall–Kier alpha value is -13.8. The number of likely N-dealkylation sites (tertiary alicyclic amines) is 2. The zero-order valence-corrected chi connectivity index (χ0v) is 87.3. The number of sulfone groups is 1. The van der Waals surface area contributed by atoms with Crippen molar-refractivity contribution in [3.8, 4) is 11.4 Å². The van der Waals surface area contributed by atoms with Crippen molar-refractivity contribution < 1.29 is 59.5 Å². The highest BCUT2D eigenvalue weighted by molar-refractivity contribution is 7.92. The number of rotatable bonds is 27. The number of fused-ring (bicyclic) bond motifs is 5. The molecule has 18 rings (SSSR count). The van der Waals surface area contributed by atoms with Gasteiger partial charge in [-0.3, -0.25) is 28.8 Å². The lowest BCUT2D eigenvalue weighted by atomic mass is 10.1. The van der Waals surface area contributed by atoms with Crippen molar-refractivity contribution in [1.82, 2.24) is 96.3 Å². The topological polar surface area (TPSA) is 533 Å². The number of halogens is 2. The molecule has 5 aromatic carbocycles. The molecule has 45 heteroatoms. The first-order chi connectivity index (χ1) is 68.8. The van der Waals surface area contributed by atoms with Crippen LogP contribution in [0.5, 0.6) is 5.75 Å². The van der Waals surface area contributed by atoms with Crippen LogP contribution >= 0.6 is 68.3 Å². The predicted octanol–water partition coefficient (Wildman–Crippen LogP) is 14.5. The molecule has 2 saturated heterocycles. The SMILES string of the molecule is COCCOc1ccc(CNC(=O)c2sc3nnc(C)c(C)c3c2N)cc1.Cc1nnc2sc(C(=O)N3CCC(NS(=O)(=O)CCCc4ccccc4)C3)c(N)c2c1C.Cc1nnc2sc(C(=O)NC3CCN(C(=O)Cc4ccccc4)C3)c(N)c2c1C.Cc1nnc2sc(C(=O)NCc3ccc(-n4ccnc4)cc3)c(N)c2c1C.Cc1nnc2sc(C(=O)NCc3ccc(S(=O)(=O)C(C)F)c(Cl)c3)c(N)c2c1C. The number of benzene rings is 5. The Bertz CT molecular complexity index is 7710. The Balaban J connectivity index is 0.000000143. The molecule has 0 saturated carbocycles. The lowest BCUT2D eigenvalue weighted by Gasteiger charge is -2.17. The van der Waals surface area contributed by atoms with E-state index in [4.69, 9.17) is 49.7 Å². The zero-order chi connectivity index (χ0) is 103. The summed E-state index contributed by atoms with van der Waals surface area (Å²) < 4.78 is 77.4. The van der Waals surface area contributed by atoms with Crippen molar-refractivity contribution in [1.29, 1.82) is 0 Å². The molecule has 0 radical (unpaired) electrons. The van der Waals surface area contributed by atoms with Crippen molar-refractivity contribution in [3.63, 3.8) is 0 Å². The van der Waals surface area contributed by atoms with E-state index in [9.17, 15) is 50.0 Å². The lowest BCUT2D eigenvalue weighted by molar-refractivity contribution is -0.129. The number of thiophene rings is 5. The van der Waals surface area contributed by atoms with Crippen molar-refractivity contribution in [2.45, 2.75) is 150 Å². The number of sulfonamides is 1. The summed E-state index contributed by atoms with van der Waals surface area (Å²) >= 11 is 12.2. The zero-order valence-electron chi connectivity index (χ0n) is 80.9. The van der Waals surface area contributed by atoms with Gasteiger partial charge in [-0.25, -0.2) is 30.9 Å². The summed E-state index contributed by atoms with van der Waals surface area (Å²) in [6.07, 6.45) is 8.30. The number of aromatic nitrogens is 12. The largest absolute Gasteiger partial charge is 0.491 e. The number of nitrogens with one attached hydrogen (secondary N) is 5. The summed E-state index contributed by atoms with van der Waals surface area (Å²) in [6, 6.07) is 38.7. The molecule has 2 aliphatic rings. The van der Waals surface area contributed by atoms with Crippen LogP contribution in [0.15, 0.2) is 151 Å². The molecule has 0 aliphatic carbocycles. The smallest absolute Gasteiger partial charge is 0.266 e. The molecule has 752 valence electrons. The predicted molar refractivity (Wildman–Crippen MR) is 565 cm³/mol. The Morgan fingerprint density at radius 2 is 0.875 bits per heavy atom. The average Bonchev–Trinajstić information content (AvgIpc) is 1.63. The fourth-order valence-electron chi connectivity index (χ4n) is 15.9. The number of ether oxygens (including phenoxy) is 2. The van der Waals surface area contributed by atoms with Crippen molar-refractivity contribution in [2.75, 3.05) is 80.9 Å². The van der Waals surface area contributed by atoms with Gasteiger partial charge in [0, 0.05) is 110 Å². The van der Waals surface area contributed by atoms with Gasteiger partial charge in [-0.15, -0.1) is 82.2 Å². The number of alkyl halides is 1. The minimum absolute atomic E-state index is 0.0624. The van der Waals surface area contributed by atoms with Gasteiger partial charge >= 0.3 is 0 Å².